The highest BCUT2D eigenvalue weighted by molar-refractivity contribution is 8.00. The molecular formula is C20H23N3O3S2. The maximum absolute atomic E-state index is 13.3. The SMILES string of the molecule is CCCCNC(=O)CSc1nc2ccccc2n1S(=O)(=O)c1ccc(C)cc1. The maximum atomic E-state index is 13.3. The number of amides is 1. The Balaban J connectivity index is 1.95. The van der Waals surface area contributed by atoms with Crippen LogP contribution >= 0.6 is 11.8 Å². The highest BCUT2D eigenvalue weighted by atomic mass is 32.2. The van der Waals surface area contributed by atoms with Crippen LogP contribution in [0.4, 0.5) is 0 Å². The summed E-state index contributed by atoms with van der Waals surface area (Å²) in [6, 6.07) is 13.8. The van der Waals surface area contributed by atoms with Crippen LogP contribution in [-0.4, -0.2) is 35.6 Å². The van der Waals surface area contributed by atoms with Crippen molar-refractivity contribution in [1.82, 2.24) is 14.3 Å². The van der Waals surface area contributed by atoms with Gasteiger partial charge in [-0.05, 0) is 37.6 Å². The zero-order valence-corrected chi connectivity index (χ0v) is 17.5. The van der Waals surface area contributed by atoms with Gasteiger partial charge in [-0.1, -0.05) is 54.9 Å². The molecule has 0 spiro atoms. The molecule has 0 fully saturated rings. The molecule has 0 saturated carbocycles. The number of para-hydroxylation sites is 2. The lowest BCUT2D eigenvalue weighted by Crippen LogP contribution is -2.26. The Kier molecular flexibility index (Phi) is 6.41. The van der Waals surface area contributed by atoms with Crippen LogP contribution in [0.3, 0.4) is 0 Å². The largest absolute Gasteiger partial charge is 0.355 e. The number of carbonyl (C=O) groups is 1. The summed E-state index contributed by atoms with van der Waals surface area (Å²) in [7, 11) is -3.84. The Bertz CT molecular complexity index is 1070. The summed E-state index contributed by atoms with van der Waals surface area (Å²) in [6.07, 6.45) is 1.91. The number of aromatic nitrogens is 2. The van der Waals surface area contributed by atoms with Crippen molar-refractivity contribution in [1.29, 1.82) is 0 Å². The number of nitrogens with zero attached hydrogens (tertiary/aromatic N) is 2. The van der Waals surface area contributed by atoms with Gasteiger partial charge < -0.3 is 5.32 Å². The topological polar surface area (TPSA) is 81.1 Å². The summed E-state index contributed by atoms with van der Waals surface area (Å²) >= 11 is 1.12. The minimum absolute atomic E-state index is 0.108. The normalized spacial score (nSPS) is 11.6. The van der Waals surface area contributed by atoms with Crippen LogP contribution in [0.25, 0.3) is 11.0 Å². The van der Waals surface area contributed by atoms with E-state index in [2.05, 4.69) is 17.2 Å². The molecule has 1 amide bonds. The van der Waals surface area contributed by atoms with Gasteiger partial charge in [0.15, 0.2) is 5.16 Å². The second-order valence-electron chi connectivity index (χ2n) is 6.46. The number of benzene rings is 2. The average Bonchev–Trinajstić information content (AvgIpc) is 3.06. The number of hydrogen-bond acceptors (Lipinski definition) is 5. The van der Waals surface area contributed by atoms with Crippen LogP contribution < -0.4 is 5.32 Å². The molecule has 1 aromatic heterocycles. The highest BCUT2D eigenvalue weighted by Gasteiger charge is 2.24. The number of aryl methyl sites for hydroxylation is 1. The van der Waals surface area contributed by atoms with Gasteiger partial charge in [-0.3, -0.25) is 4.79 Å². The molecule has 0 atom stereocenters. The van der Waals surface area contributed by atoms with Crippen molar-refractivity contribution in [2.24, 2.45) is 0 Å². The standard InChI is InChI=1S/C20H23N3O3S2/c1-3-4-13-21-19(24)14-27-20-22-17-7-5-6-8-18(17)23(20)28(25,26)16-11-9-15(2)10-12-16/h5-12H,3-4,13-14H2,1-2H3,(H,21,24). The Hall–Kier alpha value is -2.32. The van der Waals surface area contributed by atoms with Gasteiger partial charge in [0, 0.05) is 6.54 Å². The van der Waals surface area contributed by atoms with Gasteiger partial charge in [0.05, 0.1) is 21.7 Å². The second kappa shape index (κ2) is 8.79. The summed E-state index contributed by atoms with van der Waals surface area (Å²) in [5.41, 5.74) is 2.05. The predicted molar refractivity (Wildman–Crippen MR) is 112 cm³/mol. The second-order valence-corrected chi connectivity index (χ2v) is 9.19. The van der Waals surface area contributed by atoms with E-state index in [9.17, 15) is 13.2 Å². The number of unbranched alkanes of at least 4 members (excludes halogenated alkanes) is 1. The van der Waals surface area contributed by atoms with Crippen molar-refractivity contribution in [2.45, 2.75) is 36.7 Å². The first kappa shape index (κ1) is 20.4. The minimum Gasteiger partial charge on any atom is -0.355 e. The smallest absolute Gasteiger partial charge is 0.270 e. The summed E-state index contributed by atoms with van der Waals surface area (Å²) in [5.74, 6) is -0.0269. The third kappa shape index (κ3) is 4.39. The van der Waals surface area contributed by atoms with E-state index in [1.165, 1.54) is 3.97 Å². The van der Waals surface area contributed by atoms with Crippen molar-refractivity contribution >= 4 is 38.7 Å². The predicted octanol–water partition coefficient (Wildman–Crippen LogP) is 3.59. The van der Waals surface area contributed by atoms with E-state index in [1.54, 1.807) is 42.5 Å². The van der Waals surface area contributed by atoms with Gasteiger partial charge in [-0.2, -0.15) is 0 Å². The lowest BCUT2D eigenvalue weighted by Gasteiger charge is -2.10. The number of hydrogen-bond donors (Lipinski definition) is 1. The van der Waals surface area contributed by atoms with Crippen LogP contribution in [0.15, 0.2) is 58.6 Å². The Morgan fingerprint density at radius 3 is 2.57 bits per heavy atom. The summed E-state index contributed by atoms with van der Waals surface area (Å²) in [5, 5.41) is 3.12. The Morgan fingerprint density at radius 2 is 1.86 bits per heavy atom. The van der Waals surface area contributed by atoms with E-state index < -0.39 is 10.0 Å². The molecule has 28 heavy (non-hydrogen) atoms. The van der Waals surface area contributed by atoms with Crippen LogP contribution in [0.1, 0.15) is 25.3 Å². The van der Waals surface area contributed by atoms with Gasteiger partial charge >= 0.3 is 0 Å². The number of thioether (sulfide) groups is 1. The van der Waals surface area contributed by atoms with Crippen molar-refractivity contribution in [2.75, 3.05) is 12.3 Å². The number of rotatable bonds is 8. The number of carbonyl (C=O) groups excluding carboxylic acids is 1. The molecule has 8 heteroatoms. The fourth-order valence-electron chi connectivity index (χ4n) is 2.71. The number of fused-ring (bicyclic) bond motifs is 1. The average molecular weight is 418 g/mol. The van der Waals surface area contributed by atoms with E-state index in [1.807, 2.05) is 13.0 Å². The number of imidazole rings is 1. The van der Waals surface area contributed by atoms with E-state index in [-0.39, 0.29) is 21.7 Å². The molecule has 0 radical (unpaired) electrons. The molecule has 3 aromatic rings. The fourth-order valence-corrected chi connectivity index (χ4v) is 5.25. The molecule has 1 heterocycles. The monoisotopic (exact) mass is 417 g/mol. The Morgan fingerprint density at radius 1 is 1.14 bits per heavy atom. The molecule has 0 aliphatic rings. The van der Waals surface area contributed by atoms with Crippen LogP contribution in [0.5, 0.6) is 0 Å². The molecule has 0 unspecified atom stereocenters. The first-order chi connectivity index (χ1) is 13.4. The van der Waals surface area contributed by atoms with Crippen molar-refractivity contribution < 1.29 is 13.2 Å². The van der Waals surface area contributed by atoms with E-state index in [4.69, 9.17) is 0 Å². The van der Waals surface area contributed by atoms with E-state index >= 15 is 0 Å². The maximum Gasteiger partial charge on any atom is 0.270 e. The molecule has 0 saturated heterocycles. The molecule has 6 nitrogen and oxygen atoms in total. The zero-order valence-electron chi connectivity index (χ0n) is 15.9. The molecule has 0 bridgehead atoms. The Labute approximate surface area is 169 Å². The molecule has 0 aliphatic carbocycles. The summed E-state index contributed by atoms with van der Waals surface area (Å²) in [4.78, 5) is 16.7. The van der Waals surface area contributed by atoms with Crippen molar-refractivity contribution in [3.05, 3.63) is 54.1 Å². The van der Waals surface area contributed by atoms with Crippen LogP contribution in [-0.2, 0) is 14.8 Å². The van der Waals surface area contributed by atoms with Crippen molar-refractivity contribution in [3.63, 3.8) is 0 Å². The lowest BCUT2D eigenvalue weighted by molar-refractivity contribution is -0.118. The first-order valence-corrected chi connectivity index (χ1v) is 11.5. The van der Waals surface area contributed by atoms with E-state index in [0.717, 1.165) is 30.2 Å². The lowest BCUT2D eigenvalue weighted by atomic mass is 10.2. The minimum atomic E-state index is -3.84. The van der Waals surface area contributed by atoms with Crippen LogP contribution in [0.2, 0.25) is 0 Å². The summed E-state index contributed by atoms with van der Waals surface area (Å²) in [6.45, 7) is 4.58. The van der Waals surface area contributed by atoms with E-state index in [0.29, 0.717) is 17.6 Å². The van der Waals surface area contributed by atoms with Crippen LogP contribution in [0, 0.1) is 6.92 Å². The first-order valence-electron chi connectivity index (χ1n) is 9.12. The van der Waals surface area contributed by atoms with Gasteiger partial charge in [0.25, 0.3) is 10.0 Å². The third-order valence-corrected chi connectivity index (χ3v) is 7.01. The fraction of sp³-hybridized carbons (Fsp3) is 0.300. The molecule has 3 rings (SSSR count). The quantitative estimate of drug-likeness (QED) is 0.447. The molecular weight excluding hydrogens is 394 g/mol. The van der Waals surface area contributed by atoms with Gasteiger partial charge in [0.1, 0.15) is 0 Å². The van der Waals surface area contributed by atoms with Gasteiger partial charge in [-0.25, -0.2) is 17.4 Å². The molecule has 148 valence electrons. The summed E-state index contributed by atoms with van der Waals surface area (Å²) < 4.78 is 27.8. The zero-order chi connectivity index (χ0) is 20.1. The molecule has 0 aliphatic heterocycles. The van der Waals surface area contributed by atoms with Gasteiger partial charge in [0.2, 0.25) is 5.91 Å². The highest BCUT2D eigenvalue weighted by Crippen LogP contribution is 2.29. The van der Waals surface area contributed by atoms with Crippen molar-refractivity contribution in [3.8, 4) is 0 Å². The molecule has 2 aromatic carbocycles. The van der Waals surface area contributed by atoms with Gasteiger partial charge in [-0.15, -0.1) is 0 Å². The third-order valence-electron chi connectivity index (χ3n) is 4.23. The number of nitrogens with one attached hydrogen (secondary N) is 1. The molecule has 1 N–H and O–H groups in total.